The van der Waals surface area contributed by atoms with Gasteiger partial charge in [0.15, 0.2) is 12.1 Å². The third kappa shape index (κ3) is 1.40. The normalized spacial score (nSPS) is 47.6. The summed E-state index contributed by atoms with van der Waals surface area (Å²) in [5.74, 6) is -0.638. The van der Waals surface area contributed by atoms with Crippen molar-refractivity contribution >= 4 is 0 Å². The lowest BCUT2D eigenvalue weighted by molar-refractivity contribution is -0.214. The SMILES string of the molecule is C=C[C@H]1O[C@H](O)[C@H]2OC(C)(C)O[C@H]21. The van der Waals surface area contributed by atoms with Crippen LogP contribution in [0.15, 0.2) is 12.7 Å². The van der Waals surface area contributed by atoms with Gasteiger partial charge in [0.25, 0.3) is 0 Å². The van der Waals surface area contributed by atoms with Gasteiger partial charge in [-0.3, -0.25) is 0 Å². The van der Waals surface area contributed by atoms with Crippen molar-refractivity contribution < 1.29 is 19.3 Å². The second-order valence-electron chi connectivity index (χ2n) is 3.79. The largest absolute Gasteiger partial charge is 0.366 e. The minimum Gasteiger partial charge on any atom is -0.366 e. The van der Waals surface area contributed by atoms with Gasteiger partial charge < -0.3 is 19.3 Å². The number of hydrogen-bond acceptors (Lipinski definition) is 4. The van der Waals surface area contributed by atoms with Crippen molar-refractivity contribution in [3.05, 3.63) is 12.7 Å². The number of ether oxygens (including phenoxy) is 3. The molecule has 0 unspecified atom stereocenters. The number of rotatable bonds is 1. The van der Waals surface area contributed by atoms with Gasteiger partial charge in [-0.1, -0.05) is 6.08 Å². The molecule has 2 aliphatic rings. The molecule has 0 aromatic heterocycles. The molecule has 13 heavy (non-hydrogen) atoms. The monoisotopic (exact) mass is 186 g/mol. The Balaban J connectivity index is 2.17. The van der Waals surface area contributed by atoms with E-state index in [0.29, 0.717) is 0 Å². The van der Waals surface area contributed by atoms with E-state index in [4.69, 9.17) is 14.2 Å². The van der Waals surface area contributed by atoms with Crippen molar-refractivity contribution in [3.8, 4) is 0 Å². The highest BCUT2D eigenvalue weighted by molar-refractivity contribution is 5.01. The molecular formula is C9H14O4. The van der Waals surface area contributed by atoms with Crippen LogP contribution in [0.3, 0.4) is 0 Å². The average Bonchev–Trinajstić information content (AvgIpc) is 2.47. The zero-order valence-electron chi connectivity index (χ0n) is 7.77. The molecule has 1 N–H and O–H groups in total. The summed E-state index contributed by atoms with van der Waals surface area (Å²) in [6.45, 7) is 7.25. The first-order valence-electron chi connectivity index (χ1n) is 4.35. The van der Waals surface area contributed by atoms with Gasteiger partial charge >= 0.3 is 0 Å². The van der Waals surface area contributed by atoms with Crippen molar-refractivity contribution in [1.29, 1.82) is 0 Å². The van der Waals surface area contributed by atoms with Crippen molar-refractivity contribution in [3.63, 3.8) is 0 Å². The first-order chi connectivity index (χ1) is 6.03. The van der Waals surface area contributed by atoms with Crippen molar-refractivity contribution in [2.24, 2.45) is 0 Å². The van der Waals surface area contributed by atoms with E-state index in [2.05, 4.69) is 6.58 Å². The molecule has 74 valence electrons. The number of aliphatic hydroxyl groups excluding tert-OH is 1. The highest BCUT2D eigenvalue weighted by Crippen LogP contribution is 2.37. The van der Waals surface area contributed by atoms with Gasteiger partial charge in [-0.05, 0) is 13.8 Å². The van der Waals surface area contributed by atoms with Crippen LogP contribution in [-0.2, 0) is 14.2 Å². The number of hydrogen-bond donors (Lipinski definition) is 1. The minimum absolute atomic E-state index is 0.234. The molecule has 2 aliphatic heterocycles. The van der Waals surface area contributed by atoms with Crippen LogP contribution in [0.25, 0.3) is 0 Å². The van der Waals surface area contributed by atoms with Gasteiger partial charge in [0.05, 0.1) is 0 Å². The summed E-state index contributed by atoms with van der Waals surface area (Å²) in [5.41, 5.74) is 0. The molecule has 0 aromatic carbocycles. The maximum Gasteiger partial charge on any atom is 0.184 e. The van der Waals surface area contributed by atoms with Crippen molar-refractivity contribution in [2.45, 2.75) is 44.2 Å². The van der Waals surface area contributed by atoms with Gasteiger partial charge in [0, 0.05) is 0 Å². The van der Waals surface area contributed by atoms with Crippen LogP contribution in [0, 0.1) is 0 Å². The smallest absolute Gasteiger partial charge is 0.184 e. The van der Waals surface area contributed by atoms with E-state index in [9.17, 15) is 5.11 Å². The molecule has 2 rings (SSSR count). The van der Waals surface area contributed by atoms with Crippen LogP contribution in [0.4, 0.5) is 0 Å². The van der Waals surface area contributed by atoms with Crippen LogP contribution in [0.5, 0.6) is 0 Å². The fraction of sp³-hybridized carbons (Fsp3) is 0.778. The molecule has 2 saturated heterocycles. The lowest BCUT2D eigenvalue weighted by Crippen LogP contribution is -2.29. The summed E-state index contributed by atoms with van der Waals surface area (Å²) in [5, 5.41) is 9.46. The molecule has 0 aromatic rings. The molecule has 4 atom stereocenters. The van der Waals surface area contributed by atoms with Crippen LogP contribution >= 0.6 is 0 Å². The standard InChI is InChI=1S/C9H14O4/c1-4-5-6-7(8(10)11-5)13-9(2,3)12-6/h4-8,10H,1H2,2-3H3/t5-,6+,7+,8+/m1/s1. The minimum atomic E-state index is -0.908. The van der Waals surface area contributed by atoms with E-state index in [-0.39, 0.29) is 12.2 Å². The van der Waals surface area contributed by atoms with E-state index in [0.717, 1.165) is 0 Å². The Morgan fingerprint density at radius 2 is 1.92 bits per heavy atom. The molecule has 0 bridgehead atoms. The van der Waals surface area contributed by atoms with Gasteiger partial charge in [-0.15, -0.1) is 6.58 Å². The molecule has 0 amide bonds. The predicted octanol–water partition coefficient (Wildman–Crippen LogP) is 0.410. The summed E-state index contributed by atoms with van der Waals surface area (Å²) in [4.78, 5) is 0. The maximum atomic E-state index is 9.46. The van der Waals surface area contributed by atoms with E-state index in [1.54, 1.807) is 6.08 Å². The molecule has 4 heteroatoms. The van der Waals surface area contributed by atoms with Gasteiger partial charge in [0.1, 0.15) is 18.3 Å². The fourth-order valence-electron chi connectivity index (χ4n) is 1.80. The molecule has 2 heterocycles. The van der Waals surface area contributed by atoms with E-state index < -0.39 is 18.2 Å². The van der Waals surface area contributed by atoms with Crippen molar-refractivity contribution in [1.82, 2.24) is 0 Å². The van der Waals surface area contributed by atoms with Crippen molar-refractivity contribution in [2.75, 3.05) is 0 Å². The number of aliphatic hydroxyl groups is 1. The van der Waals surface area contributed by atoms with E-state index in [1.807, 2.05) is 13.8 Å². The van der Waals surface area contributed by atoms with Crippen LogP contribution in [-0.4, -0.2) is 35.5 Å². The molecule has 4 nitrogen and oxygen atoms in total. The van der Waals surface area contributed by atoms with E-state index >= 15 is 0 Å². The topological polar surface area (TPSA) is 47.9 Å². The summed E-state index contributed by atoms with van der Waals surface area (Å²) >= 11 is 0. The van der Waals surface area contributed by atoms with Gasteiger partial charge in [-0.25, -0.2) is 0 Å². The quantitative estimate of drug-likeness (QED) is 0.602. The second kappa shape index (κ2) is 2.78. The van der Waals surface area contributed by atoms with Crippen LogP contribution in [0.1, 0.15) is 13.8 Å². The third-order valence-electron chi connectivity index (χ3n) is 2.30. The summed E-state index contributed by atoms with van der Waals surface area (Å²) in [6.07, 6.45) is -0.185. The summed E-state index contributed by atoms with van der Waals surface area (Å²) in [6, 6.07) is 0. The zero-order chi connectivity index (χ0) is 9.64. The Morgan fingerprint density at radius 1 is 1.31 bits per heavy atom. The van der Waals surface area contributed by atoms with Gasteiger partial charge in [0.2, 0.25) is 0 Å². The molecule has 2 fully saturated rings. The Morgan fingerprint density at radius 3 is 2.54 bits per heavy atom. The highest BCUT2D eigenvalue weighted by Gasteiger charge is 2.53. The third-order valence-corrected chi connectivity index (χ3v) is 2.30. The average molecular weight is 186 g/mol. The Hall–Kier alpha value is -0.420. The maximum absolute atomic E-state index is 9.46. The summed E-state index contributed by atoms with van der Waals surface area (Å²) in [7, 11) is 0. The first kappa shape index (κ1) is 9.15. The zero-order valence-corrected chi connectivity index (χ0v) is 7.77. The first-order valence-corrected chi connectivity index (χ1v) is 4.35. The Bertz CT molecular complexity index is 226. The Kier molecular flexibility index (Phi) is 1.96. The molecule has 0 aliphatic carbocycles. The lowest BCUT2D eigenvalue weighted by atomic mass is 10.1. The predicted molar refractivity (Wildman–Crippen MR) is 44.9 cm³/mol. The molecule has 0 spiro atoms. The molecule has 0 radical (unpaired) electrons. The van der Waals surface area contributed by atoms with Crippen LogP contribution in [0.2, 0.25) is 0 Å². The number of fused-ring (bicyclic) bond motifs is 1. The van der Waals surface area contributed by atoms with Gasteiger partial charge in [-0.2, -0.15) is 0 Å². The summed E-state index contributed by atoms with van der Waals surface area (Å²) < 4.78 is 16.2. The highest BCUT2D eigenvalue weighted by atomic mass is 16.8. The van der Waals surface area contributed by atoms with Crippen LogP contribution < -0.4 is 0 Å². The second-order valence-corrected chi connectivity index (χ2v) is 3.79. The lowest BCUT2D eigenvalue weighted by Gasteiger charge is -2.21. The Labute approximate surface area is 77.1 Å². The molecular weight excluding hydrogens is 172 g/mol. The molecule has 0 saturated carbocycles. The fourth-order valence-corrected chi connectivity index (χ4v) is 1.80. The van der Waals surface area contributed by atoms with E-state index in [1.165, 1.54) is 0 Å².